The summed E-state index contributed by atoms with van der Waals surface area (Å²) in [6, 6.07) is 40.5. The Hall–Kier alpha value is -2.74. The molecule has 4 heteroatoms. The molecule has 0 aromatic heterocycles. The molecule has 0 nitrogen and oxygen atoms in total. The monoisotopic (exact) mass is 828 g/mol. The third-order valence-corrected chi connectivity index (χ3v) is 21.3. The van der Waals surface area contributed by atoms with Crippen LogP contribution in [0.3, 0.4) is 0 Å². The Balaban J connectivity index is 0.00000240. The molecule has 0 radical (unpaired) electrons. The summed E-state index contributed by atoms with van der Waals surface area (Å²) < 4.78 is 0.625. The fourth-order valence-electron chi connectivity index (χ4n) is 8.92. The molecule has 0 fully saturated rings. The Kier molecular flexibility index (Phi) is 11.4. The van der Waals surface area contributed by atoms with Crippen LogP contribution in [0.5, 0.6) is 0 Å². The molecule has 270 valence electrons. The van der Waals surface area contributed by atoms with Gasteiger partial charge in [-0.1, -0.05) is 0 Å². The van der Waals surface area contributed by atoms with E-state index in [1.807, 2.05) is 0 Å². The summed E-state index contributed by atoms with van der Waals surface area (Å²) in [4.78, 5) is 0. The van der Waals surface area contributed by atoms with Gasteiger partial charge in [0.2, 0.25) is 0 Å². The molecule has 0 aliphatic heterocycles. The normalized spacial score (nSPS) is 16.1. The van der Waals surface area contributed by atoms with Crippen LogP contribution in [0.2, 0.25) is 13.1 Å². The third-order valence-electron chi connectivity index (χ3n) is 11.4. The second kappa shape index (κ2) is 15.1. The number of allylic oxidation sites excluding steroid dienone is 1. The standard InChI is InChI=1S/C47H45.C2H7Si.2ClH.Zr/c1-8-14-32-25-40-37(19-13-20-38(40)45-35-17-11-9-15-29(35)23-30-16-10-12-18-36(30)45)44(32)43-28-34(47(5,6)7)27-42-39-26-33(46(2,3)4)22-21-31(39)24-41(42)43;1-3-2;;;/h9-13,15-28,44H,8,14H2,1-7H3;3H,1-2H3;2*1H;/q;;;;+2/p-2. The molecule has 0 spiro atoms. The van der Waals surface area contributed by atoms with Gasteiger partial charge in [-0.3, -0.25) is 0 Å². The van der Waals surface area contributed by atoms with Gasteiger partial charge in [-0.2, -0.15) is 0 Å². The molecule has 2 atom stereocenters. The van der Waals surface area contributed by atoms with Gasteiger partial charge in [0.25, 0.3) is 0 Å². The van der Waals surface area contributed by atoms with Crippen molar-refractivity contribution in [1.29, 1.82) is 0 Å². The van der Waals surface area contributed by atoms with Crippen LogP contribution in [0, 0.1) is 0 Å². The molecule has 0 saturated heterocycles. The van der Waals surface area contributed by atoms with Gasteiger partial charge < -0.3 is 24.8 Å². The number of rotatable bonds is 6. The maximum absolute atomic E-state index is 2.67. The third kappa shape index (κ3) is 7.01. The molecule has 0 heterocycles. The van der Waals surface area contributed by atoms with Crippen molar-refractivity contribution >= 4 is 33.5 Å². The van der Waals surface area contributed by atoms with Gasteiger partial charge in [-0.05, 0) is 0 Å². The van der Waals surface area contributed by atoms with Crippen LogP contribution in [0.25, 0.3) is 49.9 Å². The summed E-state index contributed by atoms with van der Waals surface area (Å²) >= 11 is -0.679. The van der Waals surface area contributed by atoms with Gasteiger partial charge in [0, 0.05) is 0 Å². The summed E-state index contributed by atoms with van der Waals surface area (Å²) in [5.41, 5.74) is 18.4. The topological polar surface area (TPSA) is 0 Å². The zero-order valence-electron chi connectivity index (χ0n) is 32.8. The molecule has 2 aliphatic rings. The van der Waals surface area contributed by atoms with Crippen LogP contribution in [0.1, 0.15) is 110 Å². The number of hydrogen-bond donors (Lipinski definition) is 0. The van der Waals surface area contributed by atoms with Crippen molar-refractivity contribution in [2.75, 3.05) is 0 Å². The van der Waals surface area contributed by atoms with Crippen LogP contribution >= 0.6 is 0 Å². The van der Waals surface area contributed by atoms with Gasteiger partial charge in [-0.25, -0.2) is 0 Å². The fraction of sp³-hybridized carbons (Fsp3) is 0.306. The molecule has 53 heavy (non-hydrogen) atoms. The molecule has 0 bridgehead atoms. The van der Waals surface area contributed by atoms with E-state index in [-0.39, 0.29) is 41.6 Å². The van der Waals surface area contributed by atoms with Gasteiger partial charge in [0.15, 0.2) is 0 Å². The first-order chi connectivity index (χ1) is 24.3. The number of fused-ring (bicyclic) bond motifs is 6. The molecule has 0 amide bonds. The van der Waals surface area contributed by atoms with E-state index in [1.165, 1.54) is 60.5 Å². The molecule has 2 aliphatic carbocycles. The van der Waals surface area contributed by atoms with E-state index in [2.05, 4.69) is 171 Å². The fourth-order valence-corrected chi connectivity index (χ4v) is 18.8. The van der Waals surface area contributed by atoms with E-state index >= 15 is 0 Å². The molecule has 8 rings (SSSR count). The smallest absolute Gasteiger partial charge is 1.00 e. The van der Waals surface area contributed by atoms with Gasteiger partial charge in [0.1, 0.15) is 0 Å². The number of halogens is 2. The Morgan fingerprint density at radius 1 is 0.604 bits per heavy atom. The molecule has 0 saturated carbocycles. The van der Waals surface area contributed by atoms with Crippen LogP contribution in [-0.4, -0.2) is 5.92 Å². The van der Waals surface area contributed by atoms with E-state index in [9.17, 15) is 0 Å². The Morgan fingerprint density at radius 2 is 1.23 bits per heavy atom. The van der Waals surface area contributed by atoms with Crippen molar-refractivity contribution in [3.63, 3.8) is 0 Å². The van der Waals surface area contributed by atoms with Gasteiger partial charge in [-0.15, -0.1) is 0 Å². The summed E-state index contributed by atoms with van der Waals surface area (Å²) in [5.74, 6) is -0.444. The van der Waals surface area contributed by atoms with Gasteiger partial charge >= 0.3 is 321 Å². The first kappa shape index (κ1) is 39.9. The van der Waals surface area contributed by atoms with Crippen LogP contribution in [0.4, 0.5) is 0 Å². The van der Waals surface area contributed by atoms with Crippen LogP contribution < -0.4 is 24.8 Å². The average molecular weight is 831 g/mol. The van der Waals surface area contributed by atoms with Crippen molar-refractivity contribution < 1.29 is 47.2 Å². The van der Waals surface area contributed by atoms with E-state index in [0.29, 0.717) is 3.63 Å². The second-order valence-corrected chi connectivity index (χ2v) is 32.5. The molecule has 6 aromatic rings. The minimum atomic E-state index is -0.726. The Bertz CT molecular complexity index is 2320. The summed E-state index contributed by atoms with van der Waals surface area (Å²) in [5, 5.41) is 5.30. The van der Waals surface area contributed by atoms with E-state index in [4.69, 9.17) is 0 Å². The minimum Gasteiger partial charge on any atom is -1.00 e. The van der Waals surface area contributed by atoms with Gasteiger partial charge in [0.05, 0.1) is 0 Å². The minimum absolute atomic E-state index is 0. The Labute approximate surface area is 342 Å². The van der Waals surface area contributed by atoms with Crippen molar-refractivity contribution in [3.05, 3.63) is 148 Å². The second-order valence-electron chi connectivity index (χ2n) is 17.5. The van der Waals surface area contributed by atoms with Crippen molar-refractivity contribution in [1.82, 2.24) is 0 Å². The van der Waals surface area contributed by atoms with Crippen molar-refractivity contribution in [2.45, 2.75) is 94.8 Å². The average Bonchev–Trinajstić information content (AvgIpc) is 3.61. The molecular formula is C49H52Cl2SiZr. The van der Waals surface area contributed by atoms with E-state index < -0.39 is 28.3 Å². The first-order valence-electron chi connectivity index (χ1n) is 19.2. The molecule has 0 N–H and O–H groups in total. The van der Waals surface area contributed by atoms with E-state index in [1.54, 1.807) is 27.8 Å². The molecule has 6 aromatic carbocycles. The van der Waals surface area contributed by atoms with Crippen LogP contribution in [0.15, 0.2) is 109 Å². The molecular weight excluding hydrogens is 779 g/mol. The number of benzene rings is 6. The summed E-state index contributed by atoms with van der Waals surface area (Å²) in [7, 11) is 0. The van der Waals surface area contributed by atoms with Crippen molar-refractivity contribution in [3.8, 4) is 22.3 Å². The quantitative estimate of drug-likeness (QED) is 0.119. The predicted octanol–water partition coefficient (Wildman–Crippen LogP) is 7.73. The maximum Gasteiger partial charge on any atom is -1.00 e. The zero-order valence-corrected chi connectivity index (χ0v) is 37.9. The van der Waals surface area contributed by atoms with Crippen LogP contribution in [-0.2, 0) is 33.2 Å². The maximum atomic E-state index is 2.67. The summed E-state index contributed by atoms with van der Waals surface area (Å²) in [6.45, 7) is 21.9. The zero-order chi connectivity index (χ0) is 35.8. The van der Waals surface area contributed by atoms with Crippen molar-refractivity contribution in [2.24, 2.45) is 0 Å². The SMILES string of the molecule is CCCC1=Cc2c(-c3c4ccccc4cc4ccccc34)cccc2C1c1cc(C(C)(C)C)cc2c1[CH]([Zr+2][SiH](C)C)c1ccc(C(C)(C)C)cc1-2.[Cl-].[Cl-]. The summed E-state index contributed by atoms with van der Waals surface area (Å²) in [6.07, 6.45) is 4.89. The first-order valence-corrected chi connectivity index (χ1v) is 27.7. The number of hydrogen-bond acceptors (Lipinski definition) is 0. The van der Waals surface area contributed by atoms with E-state index in [0.717, 1.165) is 12.8 Å². The molecule has 2 unspecified atom stereocenters. The predicted molar refractivity (Wildman–Crippen MR) is 222 cm³/mol. The Morgan fingerprint density at radius 3 is 1.83 bits per heavy atom. The largest absolute Gasteiger partial charge is 1.00 e.